The van der Waals surface area contributed by atoms with Crippen LogP contribution >= 0.6 is 0 Å². The van der Waals surface area contributed by atoms with Crippen molar-refractivity contribution >= 4 is 18.2 Å². The fourth-order valence-corrected chi connectivity index (χ4v) is 1.58. The molecule has 0 aliphatic carbocycles. The van der Waals surface area contributed by atoms with Crippen LogP contribution in [0.2, 0.25) is 0 Å². The number of esters is 1. The Bertz CT molecular complexity index is 265. The molecule has 1 fully saturated rings. The maximum Gasteiger partial charge on any atom is 0.328 e. The molecule has 0 saturated carbocycles. The number of hydrogen-bond donors (Lipinski definition) is 1. The van der Waals surface area contributed by atoms with E-state index in [1.807, 2.05) is 0 Å². The number of aldehydes is 1. The van der Waals surface area contributed by atoms with E-state index in [1.54, 1.807) is 0 Å². The van der Waals surface area contributed by atoms with Gasteiger partial charge in [0.05, 0.1) is 6.61 Å². The summed E-state index contributed by atoms with van der Waals surface area (Å²) in [5, 5.41) is 2.64. The minimum atomic E-state index is -0.456. The maximum absolute atomic E-state index is 11.4. The van der Waals surface area contributed by atoms with Crippen LogP contribution in [0.1, 0.15) is 38.5 Å². The first-order chi connectivity index (χ1) is 7.74. The summed E-state index contributed by atoms with van der Waals surface area (Å²) in [6, 6.07) is -0.456. The van der Waals surface area contributed by atoms with Gasteiger partial charge >= 0.3 is 5.97 Å². The SMILES string of the molecule is O=CCCCCCC(=O)N[C@H]1CCOC1=O. The molecule has 1 amide bonds. The number of ether oxygens (including phenoxy) is 1. The number of hydrogen-bond acceptors (Lipinski definition) is 4. The third kappa shape index (κ3) is 4.42. The van der Waals surface area contributed by atoms with Crippen molar-refractivity contribution in [3.63, 3.8) is 0 Å². The van der Waals surface area contributed by atoms with Crippen LogP contribution in [-0.2, 0) is 19.1 Å². The van der Waals surface area contributed by atoms with E-state index < -0.39 is 6.04 Å². The fourth-order valence-electron chi connectivity index (χ4n) is 1.58. The van der Waals surface area contributed by atoms with E-state index in [1.165, 1.54) is 0 Å². The zero-order valence-electron chi connectivity index (χ0n) is 9.24. The molecule has 1 rings (SSSR count). The molecule has 1 N–H and O–H groups in total. The molecule has 0 aromatic heterocycles. The Balaban J connectivity index is 2.06. The van der Waals surface area contributed by atoms with Gasteiger partial charge in [0.25, 0.3) is 0 Å². The summed E-state index contributed by atoms with van der Waals surface area (Å²) in [6.07, 6.45) is 4.84. The molecular formula is C11H17NO4. The summed E-state index contributed by atoms with van der Waals surface area (Å²) in [5.74, 6) is -0.454. The van der Waals surface area contributed by atoms with Crippen LogP contribution in [0.5, 0.6) is 0 Å². The first kappa shape index (κ1) is 12.7. The molecule has 1 aliphatic heterocycles. The Kier molecular flexibility index (Phi) is 5.53. The highest BCUT2D eigenvalue weighted by Crippen LogP contribution is 2.07. The molecule has 0 bridgehead atoms. The van der Waals surface area contributed by atoms with E-state index >= 15 is 0 Å². The lowest BCUT2D eigenvalue weighted by Crippen LogP contribution is -2.37. The van der Waals surface area contributed by atoms with Gasteiger partial charge in [-0.15, -0.1) is 0 Å². The van der Waals surface area contributed by atoms with E-state index in [2.05, 4.69) is 5.32 Å². The summed E-state index contributed by atoms with van der Waals surface area (Å²) < 4.78 is 4.73. The quantitative estimate of drug-likeness (QED) is 0.392. The molecular weight excluding hydrogens is 210 g/mol. The second-order valence-corrected chi connectivity index (χ2v) is 3.84. The molecule has 0 spiro atoms. The Hall–Kier alpha value is -1.39. The van der Waals surface area contributed by atoms with E-state index in [0.29, 0.717) is 25.9 Å². The molecule has 1 saturated heterocycles. The van der Waals surface area contributed by atoms with Crippen molar-refractivity contribution in [1.82, 2.24) is 5.32 Å². The van der Waals surface area contributed by atoms with E-state index in [-0.39, 0.29) is 11.9 Å². The van der Waals surface area contributed by atoms with Crippen LogP contribution in [-0.4, -0.2) is 30.8 Å². The number of unbranched alkanes of at least 4 members (excludes halogenated alkanes) is 3. The van der Waals surface area contributed by atoms with Gasteiger partial charge in [0.2, 0.25) is 5.91 Å². The molecule has 5 heteroatoms. The van der Waals surface area contributed by atoms with Gasteiger partial charge in [-0.2, -0.15) is 0 Å². The minimum absolute atomic E-state index is 0.116. The summed E-state index contributed by atoms with van der Waals surface area (Å²) in [7, 11) is 0. The third-order valence-corrected chi connectivity index (χ3v) is 2.50. The predicted molar refractivity (Wildman–Crippen MR) is 56.7 cm³/mol. The summed E-state index contributed by atoms with van der Waals surface area (Å²) in [4.78, 5) is 32.5. The number of carbonyl (C=O) groups is 3. The highest BCUT2D eigenvalue weighted by molar-refractivity contribution is 5.85. The summed E-state index contributed by atoms with van der Waals surface area (Å²) in [6.45, 7) is 0.392. The molecule has 0 aromatic carbocycles. The largest absolute Gasteiger partial charge is 0.464 e. The topological polar surface area (TPSA) is 72.5 Å². The summed E-state index contributed by atoms with van der Waals surface area (Å²) in [5.41, 5.74) is 0. The molecule has 90 valence electrons. The second-order valence-electron chi connectivity index (χ2n) is 3.84. The van der Waals surface area contributed by atoms with Gasteiger partial charge in [0.15, 0.2) is 0 Å². The number of nitrogens with one attached hydrogen (secondary N) is 1. The van der Waals surface area contributed by atoms with E-state index in [4.69, 9.17) is 4.74 Å². The van der Waals surface area contributed by atoms with Crippen molar-refractivity contribution < 1.29 is 19.1 Å². The van der Waals surface area contributed by atoms with Gasteiger partial charge in [-0.3, -0.25) is 4.79 Å². The van der Waals surface area contributed by atoms with Crippen LogP contribution in [0.3, 0.4) is 0 Å². The van der Waals surface area contributed by atoms with Crippen molar-refractivity contribution in [3.05, 3.63) is 0 Å². The molecule has 1 atom stereocenters. The first-order valence-electron chi connectivity index (χ1n) is 5.63. The zero-order chi connectivity index (χ0) is 11.8. The van der Waals surface area contributed by atoms with Crippen LogP contribution in [0.4, 0.5) is 0 Å². The van der Waals surface area contributed by atoms with Crippen molar-refractivity contribution in [2.75, 3.05) is 6.61 Å². The van der Waals surface area contributed by atoms with Crippen molar-refractivity contribution in [2.24, 2.45) is 0 Å². The molecule has 1 heterocycles. The number of amides is 1. The lowest BCUT2D eigenvalue weighted by molar-refractivity contribution is -0.141. The standard InChI is InChI=1S/C11H17NO4/c13-7-4-2-1-3-5-10(14)12-9-6-8-16-11(9)15/h7,9H,1-6,8H2,(H,12,14)/t9-/m0/s1. The van der Waals surface area contributed by atoms with Crippen molar-refractivity contribution in [3.8, 4) is 0 Å². The highest BCUT2D eigenvalue weighted by Gasteiger charge is 2.27. The third-order valence-electron chi connectivity index (χ3n) is 2.50. The fraction of sp³-hybridized carbons (Fsp3) is 0.727. The normalized spacial score (nSPS) is 19.2. The predicted octanol–water partition coefficient (Wildman–Crippen LogP) is 0.567. The molecule has 5 nitrogen and oxygen atoms in total. The minimum Gasteiger partial charge on any atom is -0.464 e. The summed E-state index contributed by atoms with van der Waals surface area (Å²) >= 11 is 0. The Morgan fingerprint density at radius 3 is 2.88 bits per heavy atom. The van der Waals surface area contributed by atoms with Gasteiger partial charge in [0, 0.05) is 19.3 Å². The second kappa shape index (κ2) is 6.98. The first-order valence-corrected chi connectivity index (χ1v) is 5.63. The molecule has 16 heavy (non-hydrogen) atoms. The van der Waals surface area contributed by atoms with Gasteiger partial charge in [-0.05, 0) is 12.8 Å². The lowest BCUT2D eigenvalue weighted by atomic mass is 10.1. The lowest BCUT2D eigenvalue weighted by Gasteiger charge is -2.08. The van der Waals surface area contributed by atoms with Crippen LogP contribution < -0.4 is 5.32 Å². The molecule has 0 radical (unpaired) electrons. The van der Waals surface area contributed by atoms with Crippen LogP contribution in [0.15, 0.2) is 0 Å². The van der Waals surface area contributed by atoms with Crippen molar-refractivity contribution in [2.45, 2.75) is 44.6 Å². The average molecular weight is 227 g/mol. The molecule has 1 aliphatic rings. The Morgan fingerprint density at radius 2 is 2.25 bits per heavy atom. The van der Waals surface area contributed by atoms with Gasteiger partial charge in [-0.25, -0.2) is 4.79 Å². The Labute approximate surface area is 94.5 Å². The highest BCUT2D eigenvalue weighted by atomic mass is 16.5. The number of cyclic esters (lactones) is 1. The van der Waals surface area contributed by atoms with E-state index in [9.17, 15) is 14.4 Å². The van der Waals surface area contributed by atoms with E-state index in [0.717, 1.165) is 25.5 Å². The number of rotatable bonds is 7. The van der Waals surface area contributed by atoms with Gasteiger partial charge in [0.1, 0.15) is 12.3 Å². The Morgan fingerprint density at radius 1 is 1.44 bits per heavy atom. The van der Waals surface area contributed by atoms with Crippen LogP contribution in [0.25, 0.3) is 0 Å². The average Bonchev–Trinajstić information content (AvgIpc) is 2.64. The monoisotopic (exact) mass is 227 g/mol. The van der Waals surface area contributed by atoms with Crippen molar-refractivity contribution in [1.29, 1.82) is 0 Å². The van der Waals surface area contributed by atoms with Gasteiger partial charge in [-0.1, -0.05) is 6.42 Å². The van der Waals surface area contributed by atoms with Crippen LogP contribution in [0, 0.1) is 0 Å². The molecule has 0 unspecified atom stereocenters. The molecule has 0 aromatic rings. The number of carbonyl (C=O) groups excluding carboxylic acids is 3. The maximum atomic E-state index is 11.4. The zero-order valence-corrected chi connectivity index (χ0v) is 9.24. The van der Waals surface area contributed by atoms with Gasteiger partial charge < -0.3 is 14.8 Å². The smallest absolute Gasteiger partial charge is 0.328 e.